The van der Waals surface area contributed by atoms with Crippen LogP contribution in [0.4, 0.5) is 16.2 Å². The van der Waals surface area contributed by atoms with Crippen LogP contribution in [0.3, 0.4) is 0 Å². The molecule has 2 aromatic rings. The van der Waals surface area contributed by atoms with E-state index in [1.807, 2.05) is 36.4 Å². The molecule has 3 rings (SSSR count). The van der Waals surface area contributed by atoms with E-state index in [-0.39, 0.29) is 11.9 Å². The highest BCUT2D eigenvalue weighted by Crippen LogP contribution is 2.19. The molecule has 25 heavy (non-hydrogen) atoms. The van der Waals surface area contributed by atoms with Crippen LogP contribution in [0.1, 0.15) is 5.56 Å². The van der Waals surface area contributed by atoms with Gasteiger partial charge in [0.1, 0.15) is 5.75 Å². The third kappa shape index (κ3) is 4.17. The number of methoxy groups -OCH3 is 1. The van der Waals surface area contributed by atoms with Gasteiger partial charge >= 0.3 is 6.03 Å². The minimum Gasteiger partial charge on any atom is -0.497 e. The van der Waals surface area contributed by atoms with Gasteiger partial charge in [-0.3, -0.25) is 9.69 Å². The summed E-state index contributed by atoms with van der Waals surface area (Å²) in [6.07, 6.45) is 3.19. The van der Waals surface area contributed by atoms with Crippen molar-refractivity contribution in [2.75, 3.05) is 30.4 Å². The van der Waals surface area contributed by atoms with E-state index in [1.165, 1.54) is 6.08 Å². The van der Waals surface area contributed by atoms with Crippen molar-refractivity contribution in [3.05, 3.63) is 60.2 Å². The number of amides is 3. The van der Waals surface area contributed by atoms with Crippen LogP contribution in [0.15, 0.2) is 54.6 Å². The first-order valence-electron chi connectivity index (χ1n) is 7.94. The van der Waals surface area contributed by atoms with Crippen LogP contribution >= 0.6 is 0 Å². The van der Waals surface area contributed by atoms with E-state index in [0.717, 1.165) is 17.0 Å². The second-order valence-corrected chi connectivity index (χ2v) is 5.53. The predicted octanol–water partition coefficient (Wildman–Crippen LogP) is 2.88. The topological polar surface area (TPSA) is 70.7 Å². The monoisotopic (exact) mass is 337 g/mol. The van der Waals surface area contributed by atoms with Gasteiger partial charge in [0, 0.05) is 30.5 Å². The van der Waals surface area contributed by atoms with Gasteiger partial charge in [0.15, 0.2) is 0 Å². The summed E-state index contributed by atoms with van der Waals surface area (Å²) in [6, 6.07) is 14.5. The Bertz CT molecular complexity index is 800. The maximum Gasteiger partial charge on any atom is 0.321 e. The molecule has 0 spiro atoms. The molecule has 1 heterocycles. The Balaban J connectivity index is 1.60. The third-order valence-electron chi connectivity index (χ3n) is 3.82. The predicted molar refractivity (Wildman–Crippen MR) is 97.8 cm³/mol. The lowest BCUT2D eigenvalue weighted by Crippen LogP contribution is -2.27. The van der Waals surface area contributed by atoms with Crippen molar-refractivity contribution < 1.29 is 14.3 Å². The Hall–Kier alpha value is -3.28. The highest BCUT2D eigenvalue weighted by atomic mass is 16.5. The molecule has 0 unspecified atom stereocenters. The van der Waals surface area contributed by atoms with Crippen LogP contribution in [-0.4, -0.2) is 32.1 Å². The second-order valence-electron chi connectivity index (χ2n) is 5.53. The number of anilines is 2. The fraction of sp³-hybridized carbons (Fsp3) is 0.158. The minimum absolute atomic E-state index is 0.0991. The van der Waals surface area contributed by atoms with E-state index >= 15 is 0 Å². The second kappa shape index (κ2) is 7.53. The van der Waals surface area contributed by atoms with Crippen LogP contribution in [0, 0.1) is 0 Å². The average Bonchev–Trinajstić information content (AvgIpc) is 3.07. The first-order valence-corrected chi connectivity index (χ1v) is 7.94. The van der Waals surface area contributed by atoms with Crippen LogP contribution < -0.4 is 20.3 Å². The van der Waals surface area contributed by atoms with Crippen molar-refractivity contribution in [1.29, 1.82) is 0 Å². The van der Waals surface area contributed by atoms with E-state index in [2.05, 4.69) is 10.6 Å². The smallest absolute Gasteiger partial charge is 0.321 e. The average molecular weight is 337 g/mol. The molecule has 0 aromatic heterocycles. The molecule has 0 aliphatic carbocycles. The lowest BCUT2D eigenvalue weighted by molar-refractivity contribution is -0.111. The molecule has 0 saturated carbocycles. The number of carbonyl (C=O) groups excluding carboxylic acids is 2. The zero-order valence-electron chi connectivity index (χ0n) is 13.9. The van der Waals surface area contributed by atoms with Crippen molar-refractivity contribution in [2.45, 2.75) is 0 Å². The fourth-order valence-electron chi connectivity index (χ4n) is 2.54. The summed E-state index contributed by atoms with van der Waals surface area (Å²) in [5, 5.41) is 5.55. The van der Waals surface area contributed by atoms with Crippen LogP contribution in [0.5, 0.6) is 5.75 Å². The number of benzene rings is 2. The lowest BCUT2D eigenvalue weighted by Gasteiger charge is -2.14. The molecule has 0 radical (unpaired) electrons. The summed E-state index contributed by atoms with van der Waals surface area (Å²) in [5.41, 5.74) is 2.36. The quantitative estimate of drug-likeness (QED) is 0.824. The number of nitrogens with one attached hydrogen (secondary N) is 2. The lowest BCUT2D eigenvalue weighted by atomic mass is 10.2. The molecule has 128 valence electrons. The molecule has 1 aliphatic rings. The SMILES string of the molecule is COc1cccc(/C=C/C(=O)Nc2ccc(N3CCNC3=O)cc2)c1. The summed E-state index contributed by atoms with van der Waals surface area (Å²) in [6.45, 7) is 1.29. The van der Waals surface area contributed by atoms with Gasteiger partial charge in [-0.2, -0.15) is 0 Å². The molecule has 3 amide bonds. The summed E-state index contributed by atoms with van der Waals surface area (Å²) in [7, 11) is 1.60. The van der Waals surface area contributed by atoms with Gasteiger partial charge in [-0.1, -0.05) is 12.1 Å². The molecule has 1 saturated heterocycles. The number of rotatable bonds is 5. The highest BCUT2D eigenvalue weighted by molar-refractivity contribution is 6.02. The largest absolute Gasteiger partial charge is 0.497 e. The third-order valence-corrected chi connectivity index (χ3v) is 3.82. The van der Waals surface area contributed by atoms with Gasteiger partial charge in [0.25, 0.3) is 0 Å². The van der Waals surface area contributed by atoms with Crippen LogP contribution in [-0.2, 0) is 4.79 Å². The van der Waals surface area contributed by atoms with E-state index in [1.54, 1.807) is 30.2 Å². The molecule has 1 fully saturated rings. The van der Waals surface area contributed by atoms with Gasteiger partial charge in [-0.15, -0.1) is 0 Å². The zero-order chi connectivity index (χ0) is 17.6. The first kappa shape index (κ1) is 16.6. The number of nitrogens with zero attached hydrogens (tertiary/aromatic N) is 1. The normalized spacial score (nSPS) is 13.8. The van der Waals surface area contributed by atoms with Crippen LogP contribution in [0.2, 0.25) is 0 Å². The van der Waals surface area contributed by atoms with Crippen LogP contribution in [0.25, 0.3) is 6.08 Å². The molecule has 6 nitrogen and oxygen atoms in total. The maximum absolute atomic E-state index is 12.0. The molecule has 1 aliphatic heterocycles. The summed E-state index contributed by atoms with van der Waals surface area (Å²) < 4.78 is 5.15. The summed E-state index contributed by atoms with van der Waals surface area (Å²) in [5.74, 6) is 0.513. The molecular weight excluding hydrogens is 318 g/mol. The molecule has 6 heteroatoms. The van der Waals surface area contributed by atoms with Crippen molar-refractivity contribution >= 4 is 29.4 Å². The van der Waals surface area contributed by atoms with E-state index < -0.39 is 0 Å². The molecule has 2 N–H and O–H groups in total. The fourth-order valence-corrected chi connectivity index (χ4v) is 2.54. The zero-order valence-corrected chi connectivity index (χ0v) is 13.9. The van der Waals surface area contributed by atoms with Gasteiger partial charge in [0.2, 0.25) is 5.91 Å². The minimum atomic E-state index is -0.227. The number of ether oxygens (including phenoxy) is 1. The Labute approximate surface area is 146 Å². The molecule has 2 aromatic carbocycles. The van der Waals surface area contributed by atoms with Gasteiger partial charge in [0.05, 0.1) is 7.11 Å². The van der Waals surface area contributed by atoms with Crippen molar-refractivity contribution in [1.82, 2.24) is 5.32 Å². The molecule has 0 bridgehead atoms. The van der Waals surface area contributed by atoms with E-state index in [9.17, 15) is 9.59 Å². The Morgan fingerprint density at radius 1 is 1.24 bits per heavy atom. The van der Waals surface area contributed by atoms with Gasteiger partial charge < -0.3 is 15.4 Å². The number of urea groups is 1. The van der Waals surface area contributed by atoms with Crippen molar-refractivity contribution in [3.63, 3.8) is 0 Å². The summed E-state index contributed by atoms with van der Waals surface area (Å²) >= 11 is 0. The van der Waals surface area contributed by atoms with E-state index in [4.69, 9.17) is 4.74 Å². The first-order chi connectivity index (χ1) is 12.2. The van der Waals surface area contributed by atoms with Crippen molar-refractivity contribution in [2.24, 2.45) is 0 Å². The Morgan fingerprint density at radius 2 is 2.04 bits per heavy atom. The standard InChI is InChI=1S/C19H19N3O3/c1-25-17-4-2-3-14(13-17)5-10-18(23)21-15-6-8-16(9-7-15)22-12-11-20-19(22)24/h2-10,13H,11-12H2,1H3,(H,20,24)(H,21,23)/b10-5+. The molecule has 0 atom stereocenters. The maximum atomic E-state index is 12.0. The summed E-state index contributed by atoms with van der Waals surface area (Å²) in [4.78, 5) is 25.3. The van der Waals surface area contributed by atoms with E-state index in [0.29, 0.717) is 18.8 Å². The van der Waals surface area contributed by atoms with Gasteiger partial charge in [-0.25, -0.2) is 4.79 Å². The van der Waals surface area contributed by atoms with Crippen molar-refractivity contribution in [3.8, 4) is 5.75 Å². The number of hydrogen-bond donors (Lipinski definition) is 2. The Kier molecular flexibility index (Phi) is 4.99. The molecular formula is C19H19N3O3. The Morgan fingerprint density at radius 3 is 2.72 bits per heavy atom. The highest BCUT2D eigenvalue weighted by Gasteiger charge is 2.20. The number of carbonyl (C=O) groups is 2. The van der Waals surface area contributed by atoms with Gasteiger partial charge in [-0.05, 0) is 48.0 Å². The number of hydrogen-bond acceptors (Lipinski definition) is 3.